The fraction of sp³-hybridized carbons (Fsp3) is 0.714. The first-order chi connectivity index (χ1) is 8.06. The first-order valence-corrected chi connectivity index (χ1v) is 7.42. The highest BCUT2D eigenvalue weighted by Gasteiger charge is 2.08. The van der Waals surface area contributed by atoms with E-state index < -0.39 is 0 Å². The number of rotatable bonds is 7. The van der Waals surface area contributed by atoms with E-state index in [-0.39, 0.29) is 0 Å². The summed E-state index contributed by atoms with van der Waals surface area (Å²) >= 11 is 1.93. The van der Waals surface area contributed by atoms with Crippen LogP contribution in [0.3, 0.4) is 0 Å². The molecule has 1 aromatic heterocycles. The van der Waals surface area contributed by atoms with Crippen LogP contribution in [0.25, 0.3) is 0 Å². The molecule has 0 aromatic carbocycles. The lowest BCUT2D eigenvalue weighted by Crippen LogP contribution is -2.22. The summed E-state index contributed by atoms with van der Waals surface area (Å²) in [6, 6.07) is 2.93. The maximum atomic E-state index is 3.48. The van der Waals surface area contributed by atoms with Gasteiger partial charge in [-0.25, -0.2) is 0 Å². The van der Waals surface area contributed by atoms with Crippen LogP contribution in [0.2, 0.25) is 0 Å². The molecule has 0 fully saturated rings. The van der Waals surface area contributed by atoms with E-state index in [1.165, 1.54) is 15.3 Å². The van der Waals surface area contributed by atoms with E-state index >= 15 is 0 Å². The minimum Gasteiger partial charge on any atom is -0.310 e. The van der Waals surface area contributed by atoms with E-state index in [4.69, 9.17) is 0 Å². The lowest BCUT2D eigenvalue weighted by Gasteiger charge is -2.17. The molecule has 3 heteroatoms. The van der Waals surface area contributed by atoms with Crippen LogP contribution in [0.4, 0.5) is 0 Å². The Hall–Kier alpha value is -0.380. The van der Waals surface area contributed by atoms with Crippen LogP contribution in [-0.2, 0) is 13.1 Å². The lowest BCUT2D eigenvalue weighted by molar-refractivity contribution is 0.295. The quantitative estimate of drug-likeness (QED) is 0.802. The van der Waals surface area contributed by atoms with Gasteiger partial charge < -0.3 is 5.32 Å². The second kappa shape index (κ2) is 7.14. The molecule has 0 atom stereocenters. The fourth-order valence-electron chi connectivity index (χ4n) is 1.82. The second-order valence-electron chi connectivity index (χ2n) is 4.79. The van der Waals surface area contributed by atoms with Crippen molar-refractivity contribution in [3.8, 4) is 0 Å². The summed E-state index contributed by atoms with van der Waals surface area (Å²) in [6.07, 6.45) is 0. The Morgan fingerprint density at radius 3 is 2.47 bits per heavy atom. The number of hydrogen-bond acceptors (Lipinski definition) is 3. The van der Waals surface area contributed by atoms with Gasteiger partial charge >= 0.3 is 0 Å². The van der Waals surface area contributed by atoms with Crippen LogP contribution in [-0.4, -0.2) is 24.0 Å². The molecule has 0 saturated heterocycles. The minimum absolute atomic E-state index is 0.559. The van der Waals surface area contributed by atoms with Gasteiger partial charge in [-0.1, -0.05) is 27.7 Å². The molecule has 2 nitrogen and oxygen atoms in total. The normalized spacial score (nSPS) is 11.7. The number of nitrogens with one attached hydrogen (secondary N) is 1. The van der Waals surface area contributed by atoms with Crippen molar-refractivity contribution in [2.75, 3.05) is 13.1 Å². The predicted molar refractivity (Wildman–Crippen MR) is 77.7 cm³/mol. The Bertz CT molecular complexity index is 327. The van der Waals surface area contributed by atoms with Gasteiger partial charge in [0.25, 0.3) is 0 Å². The SMILES string of the molecule is CCN(CC)Cc1cc(CNC(C)C)sc1C. The third kappa shape index (κ3) is 4.78. The summed E-state index contributed by atoms with van der Waals surface area (Å²) in [5, 5.41) is 3.48. The molecule has 1 heterocycles. The first kappa shape index (κ1) is 14.7. The van der Waals surface area contributed by atoms with Crippen LogP contribution >= 0.6 is 11.3 Å². The summed E-state index contributed by atoms with van der Waals surface area (Å²) in [7, 11) is 0. The number of nitrogens with zero attached hydrogens (tertiary/aromatic N) is 1. The molecule has 0 saturated carbocycles. The van der Waals surface area contributed by atoms with Gasteiger partial charge in [0.15, 0.2) is 0 Å². The van der Waals surface area contributed by atoms with Crippen molar-refractivity contribution in [1.29, 1.82) is 0 Å². The molecule has 0 bridgehead atoms. The van der Waals surface area contributed by atoms with Crippen molar-refractivity contribution in [2.24, 2.45) is 0 Å². The zero-order valence-electron chi connectivity index (χ0n) is 11.8. The minimum atomic E-state index is 0.559. The van der Waals surface area contributed by atoms with Gasteiger partial charge in [-0.15, -0.1) is 11.3 Å². The van der Waals surface area contributed by atoms with E-state index in [1.807, 2.05) is 11.3 Å². The molecule has 0 spiro atoms. The number of hydrogen-bond donors (Lipinski definition) is 1. The molecule has 0 aliphatic rings. The largest absolute Gasteiger partial charge is 0.310 e. The molecule has 17 heavy (non-hydrogen) atoms. The Labute approximate surface area is 110 Å². The zero-order chi connectivity index (χ0) is 12.8. The number of aryl methyl sites for hydroxylation is 1. The molecule has 1 rings (SSSR count). The molecule has 1 aromatic rings. The molecular weight excluding hydrogens is 228 g/mol. The highest BCUT2D eigenvalue weighted by atomic mass is 32.1. The Balaban J connectivity index is 2.61. The van der Waals surface area contributed by atoms with Crippen molar-refractivity contribution in [1.82, 2.24) is 10.2 Å². The smallest absolute Gasteiger partial charge is 0.0302 e. The van der Waals surface area contributed by atoms with Crippen LogP contribution in [0, 0.1) is 6.92 Å². The van der Waals surface area contributed by atoms with Gasteiger partial charge in [-0.05, 0) is 31.6 Å². The molecule has 0 unspecified atom stereocenters. The topological polar surface area (TPSA) is 15.3 Å². The summed E-state index contributed by atoms with van der Waals surface area (Å²) < 4.78 is 0. The standard InChI is InChI=1S/C14H26N2S/c1-6-16(7-2)10-13-8-14(17-12(13)5)9-15-11(3)4/h8,11,15H,6-7,9-10H2,1-5H3. The summed E-state index contributed by atoms with van der Waals surface area (Å²) in [5.74, 6) is 0. The molecule has 0 aliphatic carbocycles. The fourth-order valence-corrected chi connectivity index (χ4v) is 2.83. The van der Waals surface area contributed by atoms with Crippen LogP contribution in [0.5, 0.6) is 0 Å². The van der Waals surface area contributed by atoms with Crippen molar-refractivity contribution in [3.05, 3.63) is 21.4 Å². The molecule has 98 valence electrons. The van der Waals surface area contributed by atoms with Crippen LogP contribution in [0.15, 0.2) is 6.07 Å². The second-order valence-corrected chi connectivity index (χ2v) is 6.13. The van der Waals surface area contributed by atoms with E-state index in [1.54, 1.807) is 0 Å². The molecule has 0 radical (unpaired) electrons. The third-order valence-corrected chi connectivity index (χ3v) is 4.14. The van der Waals surface area contributed by atoms with Gasteiger partial charge in [-0.3, -0.25) is 4.90 Å². The van der Waals surface area contributed by atoms with Crippen LogP contribution in [0.1, 0.15) is 43.0 Å². The van der Waals surface area contributed by atoms with Crippen molar-refractivity contribution >= 4 is 11.3 Å². The van der Waals surface area contributed by atoms with Crippen molar-refractivity contribution < 1.29 is 0 Å². The molecule has 1 N–H and O–H groups in total. The number of thiophene rings is 1. The highest BCUT2D eigenvalue weighted by molar-refractivity contribution is 7.12. The maximum absolute atomic E-state index is 3.48. The summed E-state index contributed by atoms with van der Waals surface area (Å²) in [4.78, 5) is 5.39. The Kier molecular flexibility index (Phi) is 6.17. The van der Waals surface area contributed by atoms with Gasteiger partial charge in [0.2, 0.25) is 0 Å². The molecule has 0 aliphatic heterocycles. The van der Waals surface area contributed by atoms with Crippen LogP contribution < -0.4 is 5.32 Å². The highest BCUT2D eigenvalue weighted by Crippen LogP contribution is 2.23. The third-order valence-electron chi connectivity index (χ3n) is 3.04. The average molecular weight is 254 g/mol. The Morgan fingerprint density at radius 2 is 1.94 bits per heavy atom. The lowest BCUT2D eigenvalue weighted by atomic mass is 10.2. The summed E-state index contributed by atoms with van der Waals surface area (Å²) in [5.41, 5.74) is 1.50. The van der Waals surface area contributed by atoms with E-state index in [0.29, 0.717) is 6.04 Å². The van der Waals surface area contributed by atoms with Crippen molar-refractivity contribution in [3.63, 3.8) is 0 Å². The van der Waals surface area contributed by atoms with Crippen molar-refractivity contribution in [2.45, 2.75) is 53.8 Å². The molecule has 0 amide bonds. The van der Waals surface area contributed by atoms with Gasteiger partial charge in [0.1, 0.15) is 0 Å². The monoisotopic (exact) mass is 254 g/mol. The Morgan fingerprint density at radius 1 is 1.29 bits per heavy atom. The first-order valence-electron chi connectivity index (χ1n) is 6.60. The zero-order valence-corrected chi connectivity index (χ0v) is 12.7. The predicted octanol–water partition coefficient (Wildman–Crippen LogP) is 3.40. The van der Waals surface area contributed by atoms with E-state index in [0.717, 1.165) is 26.2 Å². The van der Waals surface area contributed by atoms with E-state index in [2.05, 4.69) is 50.9 Å². The van der Waals surface area contributed by atoms with Gasteiger partial charge in [0, 0.05) is 28.9 Å². The van der Waals surface area contributed by atoms with Gasteiger partial charge in [0.05, 0.1) is 0 Å². The maximum Gasteiger partial charge on any atom is 0.0302 e. The summed E-state index contributed by atoms with van der Waals surface area (Å²) in [6.45, 7) is 15.4. The average Bonchev–Trinajstić information content (AvgIpc) is 2.64. The molecular formula is C14H26N2S. The van der Waals surface area contributed by atoms with Gasteiger partial charge in [-0.2, -0.15) is 0 Å². The van der Waals surface area contributed by atoms with E-state index in [9.17, 15) is 0 Å².